The molecular formula is C23H19ClN2O2. The molecule has 0 N–H and O–H groups in total. The normalized spacial score (nSPS) is 18.9. The quantitative estimate of drug-likeness (QED) is 0.655. The van der Waals surface area contributed by atoms with Gasteiger partial charge in [0.15, 0.2) is 5.78 Å². The van der Waals surface area contributed by atoms with Crippen molar-refractivity contribution in [3.05, 3.63) is 81.9 Å². The molecule has 1 amide bonds. The maximum atomic E-state index is 13.4. The summed E-state index contributed by atoms with van der Waals surface area (Å²) >= 11 is 6.32. The van der Waals surface area contributed by atoms with Crippen LogP contribution >= 0.6 is 11.6 Å². The van der Waals surface area contributed by atoms with Gasteiger partial charge < -0.3 is 0 Å². The summed E-state index contributed by atoms with van der Waals surface area (Å²) in [6.45, 7) is 3.83. The van der Waals surface area contributed by atoms with Gasteiger partial charge in [-0.2, -0.15) is 10.1 Å². The first kappa shape index (κ1) is 18.4. The van der Waals surface area contributed by atoms with Crippen LogP contribution in [0, 0.1) is 0 Å². The lowest BCUT2D eigenvalue weighted by Gasteiger charge is -2.19. The number of carbonyl (C=O) groups is 2. The molecule has 0 unspecified atom stereocenters. The lowest BCUT2D eigenvalue weighted by molar-refractivity contribution is -0.114. The van der Waals surface area contributed by atoms with Gasteiger partial charge in [0, 0.05) is 5.56 Å². The molecule has 0 atom stereocenters. The average Bonchev–Trinajstić information content (AvgIpc) is 3.01. The highest BCUT2D eigenvalue weighted by atomic mass is 35.5. The number of para-hydroxylation sites is 1. The number of fused-ring (bicyclic) bond motifs is 1. The minimum atomic E-state index is -0.222. The Labute approximate surface area is 168 Å². The number of hydrogen-bond donors (Lipinski definition) is 0. The summed E-state index contributed by atoms with van der Waals surface area (Å²) in [4.78, 5) is 26.0. The van der Waals surface area contributed by atoms with Crippen molar-refractivity contribution in [2.24, 2.45) is 5.10 Å². The molecule has 2 aliphatic rings. The number of halogens is 1. The summed E-state index contributed by atoms with van der Waals surface area (Å²) in [6, 6.07) is 14.6. The number of anilines is 1. The Bertz CT molecular complexity index is 1100. The average molecular weight is 391 g/mol. The van der Waals surface area contributed by atoms with Crippen LogP contribution in [-0.2, 0) is 4.79 Å². The van der Waals surface area contributed by atoms with Gasteiger partial charge in [0.1, 0.15) is 0 Å². The van der Waals surface area contributed by atoms with E-state index in [1.54, 1.807) is 31.2 Å². The van der Waals surface area contributed by atoms with Crippen LogP contribution in [0.25, 0.3) is 5.57 Å². The largest absolute Gasteiger partial charge is 0.289 e. The second-order valence-corrected chi connectivity index (χ2v) is 7.26. The molecule has 0 radical (unpaired) electrons. The highest BCUT2D eigenvalue weighted by Crippen LogP contribution is 2.37. The Hall–Kier alpha value is -2.98. The van der Waals surface area contributed by atoms with Gasteiger partial charge >= 0.3 is 0 Å². The number of hydrogen-bond acceptors (Lipinski definition) is 3. The van der Waals surface area contributed by atoms with Gasteiger partial charge in [-0.3, -0.25) is 9.59 Å². The molecule has 0 aromatic heterocycles. The van der Waals surface area contributed by atoms with Crippen molar-refractivity contribution in [3.63, 3.8) is 0 Å². The molecule has 4 rings (SSSR count). The second-order valence-electron chi connectivity index (χ2n) is 6.86. The SMILES string of the molecule is CCCC1=NN(c2ccccc2Cl)C(=O)/C1=C1/C=C(C)C(=O)c2ccccc21. The number of benzene rings is 2. The van der Waals surface area contributed by atoms with Crippen LogP contribution < -0.4 is 5.01 Å². The lowest BCUT2D eigenvalue weighted by atomic mass is 9.84. The number of allylic oxidation sites excluding steroid dienone is 3. The predicted molar refractivity (Wildman–Crippen MR) is 113 cm³/mol. The maximum absolute atomic E-state index is 13.4. The first-order chi connectivity index (χ1) is 13.5. The van der Waals surface area contributed by atoms with E-state index in [-0.39, 0.29) is 11.7 Å². The van der Waals surface area contributed by atoms with E-state index in [4.69, 9.17) is 11.6 Å². The van der Waals surface area contributed by atoms with Crippen LogP contribution in [-0.4, -0.2) is 17.4 Å². The predicted octanol–water partition coefficient (Wildman–Crippen LogP) is 5.44. The first-order valence-electron chi connectivity index (χ1n) is 9.26. The van der Waals surface area contributed by atoms with Gasteiger partial charge in [-0.15, -0.1) is 0 Å². The van der Waals surface area contributed by atoms with Crippen molar-refractivity contribution in [3.8, 4) is 0 Å². The number of amides is 1. The zero-order valence-electron chi connectivity index (χ0n) is 15.7. The third-order valence-electron chi connectivity index (χ3n) is 4.93. The summed E-state index contributed by atoms with van der Waals surface area (Å²) < 4.78 is 0. The molecule has 0 bridgehead atoms. The topological polar surface area (TPSA) is 49.7 Å². The standard InChI is InChI=1S/C23H19ClN2O2/c1-3-8-19-21(23(28)26(25-19)20-12-7-6-11-18(20)24)17-13-14(2)22(27)16-10-5-4-9-15(16)17/h4-7,9-13H,3,8H2,1-2H3/b21-17-. The number of Topliss-reactive ketones (excluding diaryl/α,β-unsaturated/α-hetero) is 1. The zero-order valence-corrected chi connectivity index (χ0v) is 16.5. The van der Waals surface area contributed by atoms with Crippen molar-refractivity contribution in [2.75, 3.05) is 5.01 Å². The zero-order chi connectivity index (χ0) is 19.8. The third kappa shape index (κ3) is 2.90. The number of hydrazone groups is 1. The van der Waals surface area contributed by atoms with Crippen LogP contribution in [0.3, 0.4) is 0 Å². The number of ketones is 1. The van der Waals surface area contributed by atoms with Crippen molar-refractivity contribution in [1.29, 1.82) is 0 Å². The Balaban J connectivity index is 1.94. The molecule has 1 aliphatic carbocycles. The number of rotatable bonds is 3. The Morgan fingerprint density at radius 3 is 2.39 bits per heavy atom. The van der Waals surface area contributed by atoms with Crippen LogP contribution in [0.2, 0.25) is 5.02 Å². The summed E-state index contributed by atoms with van der Waals surface area (Å²) in [6.07, 6.45) is 3.32. The highest BCUT2D eigenvalue weighted by Gasteiger charge is 2.35. The lowest BCUT2D eigenvalue weighted by Crippen LogP contribution is -2.23. The molecule has 0 fully saturated rings. The minimum Gasteiger partial charge on any atom is -0.289 e. The van der Waals surface area contributed by atoms with E-state index < -0.39 is 0 Å². The fourth-order valence-corrected chi connectivity index (χ4v) is 3.83. The summed E-state index contributed by atoms with van der Waals surface area (Å²) in [7, 11) is 0. The van der Waals surface area contributed by atoms with E-state index in [1.165, 1.54) is 5.01 Å². The molecule has 28 heavy (non-hydrogen) atoms. The van der Waals surface area contributed by atoms with E-state index in [1.807, 2.05) is 37.3 Å². The molecule has 4 nitrogen and oxygen atoms in total. The van der Waals surface area contributed by atoms with E-state index >= 15 is 0 Å². The van der Waals surface area contributed by atoms with E-state index in [2.05, 4.69) is 5.10 Å². The molecule has 1 aliphatic heterocycles. The van der Waals surface area contributed by atoms with Crippen molar-refractivity contribution in [1.82, 2.24) is 0 Å². The van der Waals surface area contributed by atoms with Crippen LogP contribution in [0.4, 0.5) is 5.69 Å². The molecule has 0 spiro atoms. The Morgan fingerprint density at radius 2 is 1.68 bits per heavy atom. The van der Waals surface area contributed by atoms with E-state index in [0.29, 0.717) is 33.8 Å². The smallest absolute Gasteiger partial charge is 0.281 e. The van der Waals surface area contributed by atoms with E-state index in [0.717, 1.165) is 23.3 Å². The van der Waals surface area contributed by atoms with Crippen LogP contribution in [0.15, 0.2) is 70.9 Å². The molecule has 140 valence electrons. The fraction of sp³-hybridized carbons (Fsp3) is 0.174. The van der Waals surface area contributed by atoms with Crippen molar-refractivity contribution >= 4 is 40.3 Å². The van der Waals surface area contributed by atoms with Gasteiger partial charge in [-0.05, 0) is 48.3 Å². The Kier molecular flexibility index (Phi) is 4.73. The second kappa shape index (κ2) is 7.21. The summed E-state index contributed by atoms with van der Waals surface area (Å²) in [5.41, 5.74) is 4.56. The van der Waals surface area contributed by atoms with Gasteiger partial charge in [0.2, 0.25) is 0 Å². The summed E-state index contributed by atoms with van der Waals surface area (Å²) in [5.74, 6) is -0.234. The molecule has 0 saturated carbocycles. The van der Waals surface area contributed by atoms with Crippen LogP contribution in [0.5, 0.6) is 0 Å². The van der Waals surface area contributed by atoms with Crippen molar-refractivity contribution in [2.45, 2.75) is 26.7 Å². The number of nitrogens with zero attached hydrogens (tertiary/aromatic N) is 2. The Morgan fingerprint density at radius 1 is 1.00 bits per heavy atom. The van der Waals surface area contributed by atoms with Gasteiger partial charge in [-0.25, -0.2) is 0 Å². The van der Waals surface area contributed by atoms with E-state index in [9.17, 15) is 9.59 Å². The molecule has 1 heterocycles. The number of carbonyl (C=O) groups excluding carboxylic acids is 2. The molecule has 0 saturated heterocycles. The fourth-order valence-electron chi connectivity index (χ4n) is 3.61. The van der Waals surface area contributed by atoms with Gasteiger partial charge in [0.05, 0.1) is 22.0 Å². The maximum Gasteiger partial charge on any atom is 0.281 e. The molecule has 2 aromatic rings. The summed E-state index contributed by atoms with van der Waals surface area (Å²) in [5, 5.41) is 6.45. The van der Waals surface area contributed by atoms with Gasteiger partial charge in [0.25, 0.3) is 5.91 Å². The van der Waals surface area contributed by atoms with Crippen molar-refractivity contribution < 1.29 is 9.59 Å². The van der Waals surface area contributed by atoms with Crippen LogP contribution in [0.1, 0.15) is 42.6 Å². The minimum absolute atomic E-state index is 0.0117. The highest BCUT2D eigenvalue weighted by molar-refractivity contribution is 6.38. The van der Waals surface area contributed by atoms with Gasteiger partial charge in [-0.1, -0.05) is 61.3 Å². The third-order valence-corrected chi connectivity index (χ3v) is 5.25. The first-order valence-corrected chi connectivity index (χ1v) is 9.64. The molecule has 5 heteroatoms. The molecule has 2 aromatic carbocycles. The monoisotopic (exact) mass is 390 g/mol. The molecular weight excluding hydrogens is 372 g/mol.